The first kappa shape index (κ1) is 14.1. The summed E-state index contributed by atoms with van der Waals surface area (Å²) in [5.74, 6) is 0. The van der Waals surface area contributed by atoms with E-state index in [4.69, 9.17) is 4.74 Å². The van der Waals surface area contributed by atoms with Gasteiger partial charge in [0, 0.05) is 39.1 Å². The molecule has 0 bridgehead atoms. The Bertz CT molecular complexity index is 302. The SMILES string of the molecule is COCCC(C)(O)CNCCc1cccnc1. The lowest BCUT2D eigenvalue weighted by Gasteiger charge is -2.23. The summed E-state index contributed by atoms with van der Waals surface area (Å²) in [6.45, 7) is 3.83. The third kappa shape index (κ3) is 6.36. The zero-order chi connectivity index (χ0) is 12.6. The van der Waals surface area contributed by atoms with Gasteiger partial charge in [-0.15, -0.1) is 0 Å². The summed E-state index contributed by atoms with van der Waals surface area (Å²) < 4.78 is 4.96. The second-order valence-electron chi connectivity index (χ2n) is 4.53. The van der Waals surface area contributed by atoms with Crippen LogP contribution in [0, 0.1) is 0 Å². The molecule has 1 rings (SSSR count). The molecule has 0 aliphatic heterocycles. The van der Waals surface area contributed by atoms with Crippen molar-refractivity contribution in [3.8, 4) is 0 Å². The fraction of sp³-hybridized carbons (Fsp3) is 0.615. The van der Waals surface area contributed by atoms with Gasteiger partial charge in [-0.05, 0) is 31.5 Å². The summed E-state index contributed by atoms with van der Waals surface area (Å²) in [5, 5.41) is 13.2. The Kier molecular flexibility index (Phi) is 6.11. The molecule has 0 saturated heterocycles. The highest BCUT2D eigenvalue weighted by Crippen LogP contribution is 2.07. The van der Waals surface area contributed by atoms with Crippen LogP contribution >= 0.6 is 0 Å². The van der Waals surface area contributed by atoms with Gasteiger partial charge in [-0.2, -0.15) is 0 Å². The molecule has 1 unspecified atom stereocenters. The van der Waals surface area contributed by atoms with Crippen molar-refractivity contribution in [2.24, 2.45) is 0 Å². The number of hydrogen-bond acceptors (Lipinski definition) is 4. The van der Waals surface area contributed by atoms with E-state index in [1.54, 1.807) is 13.3 Å². The van der Waals surface area contributed by atoms with Crippen LogP contribution in [0.4, 0.5) is 0 Å². The fourth-order valence-corrected chi connectivity index (χ4v) is 1.55. The Hall–Kier alpha value is -0.970. The summed E-state index contributed by atoms with van der Waals surface area (Å²) in [6, 6.07) is 3.99. The van der Waals surface area contributed by atoms with E-state index < -0.39 is 5.60 Å². The average molecular weight is 238 g/mol. The largest absolute Gasteiger partial charge is 0.389 e. The number of aliphatic hydroxyl groups is 1. The first-order chi connectivity index (χ1) is 8.14. The number of nitrogens with one attached hydrogen (secondary N) is 1. The van der Waals surface area contributed by atoms with E-state index in [0.29, 0.717) is 19.6 Å². The maximum atomic E-state index is 9.99. The molecule has 0 saturated carbocycles. The lowest BCUT2D eigenvalue weighted by atomic mass is 10.0. The Morgan fingerprint density at radius 2 is 2.35 bits per heavy atom. The summed E-state index contributed by atoms with van der Waals surface area (Å²) in [4.78, 5) is 4.06. The zero-order valence-corrected chi connectivity index (χ0v) is 10.6. The number of hydrogen-bond donors (Lipinski definition) is 2. The van der Waals surface area contributed by atoms with Crippen molar-refractivity contribution in [3.05, 3.63) is 30.1 Å². The van der Waals surface area contributed by atoms with Gasteiger partial charge < -0.3 is 15.2 Å². The molecule has 0 aliphatic rings. The van der Waals surface area contributed by atoms with E-state index in [1.165, 1.54) is 5.56 Å². The molecule has 17 heavy (non-hydrogen) atoms. The molecule has 1 heterocycles. The topological polar surface area (TPSA) is 54.4 Å². The van der Waals surface area contributed by atoms with E-state index in [0.717, 1.165) is 13.0 Å². The molecule has 96 valence electrons. The zero-order valence-electron chi connectivity index (χ0n) is 10.6. The number of nitrogens with zero attached hydrogens (tertiary/aromatic N) is 1. The van der Waals surface area contributed by atoms with Gasteiger partial charge in [-0.3, -0.25) is 4.98 Å². The van der Waals surface area contributed by atoms with Crippen molar-refractivity contribution in [2.45, 2.75) is 25.4 Å². The molecule has 0 spiro atoms. The monoisotopic (exact) mass is 238 g/mol. The Morgan fingerprint density at radius 1 is 1.53 bits per heavy atom. The molecule has 0 aliphatic carbocycles. The molecule has 1 aromatic heterocycles. The Balaban J connectivity index is 2.15. The summed E-state index contributed by atoms with van der Waals surface area (Å²) in [7, 11) is 1.64. The smallest absolute Gasteiger partial charge is 0.0765 e. The quantitative estimate of drug-likeness (QED) is 0.663. The predicted molar refractivity (Wildman–Crippen MR) is 67.9 cm³/mol. The number of methoxy groups -OCH3 is 1. The maximum Gasteiger partial charge on any atom is 0.0765 e. The third-order valence-electron chi connectivity index (χ3n) is 2.66. The number of aromatic nitrogens is 1. The highest BCUT2D eigenvalue weighted by atomic mass is 16.5. The molecule has 4 nitrogen and oxygen atoms in total. The van der Waals surface area contributed by atoms with Gasteiger partial charge in [-0.1, -0.05) is 6.07 Å². The highest BCUT2D eigenvalue weighted by molar-refractivity contribution is 5.08. The Morgan fingerprint density at radius 3 is 3.00 bits per heavy atom. The minimum atomic E-state index is -0.703. The van der Waals surface area contributed by atoms with Crippen LogP contribution in [0.15, 0.2) is 24.5 Å². The van der Waals surface area contributed by atoms with Crippen LogP contribution < -0.4 is 5.32 Å². The van der Waals surface area contributed by atoms with Crippen LogP contribution in [0.3, 0.4) is 0 Å². The minimum Gasteiger partial charge on any atom is -0.389 e. The summed E-state index contributed by atoms with van der Waals surface area (Å²) in [5.41, 5.74) is 0.502. The van der Waals surface area contributed by atoms with Crippen molar-refractivity contribution >= 4 is 0 Å². The van der Waals surface area contributed by atoms with Crippen molar-refractivity contribution in [1.82, 2.24) is 10.3 Å². The molecular formula is C13H22N2O2. The minimum absolute atomic E-state index is 0.580. The molecule has 0 amide bonds. The second kappa shape index (κ2) is 7.37. The van der Waals surface area contributed by atoms with Crippen LogP contribution in [-0.2, 0) is 11.2 Å². The van der Waals surface area contributed by atoms with Crippen LogP contribution in [-0.4, -0.2) is 42.5 Å². The van der Waals surface area contributed by atoms with Crippen LogP contribution in [0.25, 0.3) is 0 Å². The van der Waals surface area contributed by atoms with Gasteiger partial charge in [0.1, 0.15) is 0 Å². The first-order valence-electron chi connectivity index (χ1n) is 5.95. The van der Waals surface area contributed by atoms with E-state index in [-0.39, 0.29) is 0 Å². The molecule has 0 aromatic carbocycles. The van der Waals surface area contributed by atoms with Gasteiger partial charge in [0.25, 0.3) is 0 Å². The molecule has 1 aromatic rings. The normalized spacial score (nSPS) is 14.5. The van der Waals surface area contributed by atoms with Gasteiger partial charge in [0.2, 0.25) is 0 Å². The lowest BCUT2D eigenvalue weighted by Crippen LogP contribution is -2.39. The molecular weight excluding hydrogens is 216 g/mol. The van der Waals surface area contributed by atoms with Crippen LogP contribution in [0.2, 0.25) is 0 Å². The van der Waals surface area contributed by atoms with E-state index >= 15 is 0 Å². The summed E-state index contributed by atoms with van der Waals surface area (Å²) >= 11 is 0. The standard InChI is InChI=1S/C13H22N2O2/c1-13(16,6-9-17-2)11-15-8-5-12-4-3-7-14-10-12/h3-4,7,10,15-16H,5-6,8-9,11H2,1-2H3. The maximum absolute atomic E-state index is 9.99. The van der Waals surface area contributed by atoms with Gasteiger partial charge in [0.15, 0.2) is 0 Å². The molecule has 0 fully saturated rings. The van der Waals surface area contributed by atoms with E-state index in [1.807, 2.05) is 19.2 Å². The molecule has 0 radical (unpaired) electrons. The lowest BCUT2D eigenvalue weighted by molar-refractivity contribution is 0.0252. The van der Waals surface area contributed by atoms with E-state index in [9.17, 15) is 5.11 Å². The summed E-state index contributed by atoms with van der Waals surface area (Å²) in [6.07, 6.45) is 5.20. The van der Waals surface area contributed by atoms with Gasteiger partial charge in [0.05, 0.1) is 5.60 Å². The molecule has 2 N–H and O–H groups in total. The van der Waals surface area contributed by atoms with Crippen molar-refractivity contribution < 1.29 is 9.84 Å². The number of pyridine rings is 1. The van der Waals surface area contributed by atoms with Crippen molar-refractivity contribution in [1.29, 1.82) is 0 Å². The Labute approximate surface area is 103 Å². The number of rotatable bonds is 8. The van der Waals surface area contributed by atoms with Gasteiger partial charge >= 0.3 is 0 Å². The molecule has 1 atom stereocenters. The predicted octanol–water partition coefficient (Wildman–Crippen LogP) is 1.00. The average Bonchev–Trinajstić information content (AvgIpc) is 2.34. The number of ether oxygens (including phenoxy) is 1. The second-order valence-corrected chi connectivity index (χ2v) is 4.53. The van der Waals surface area contributed by atoms with Gasteiger partial charge in [-0.25, -0.2) is 0 Å². The molecule has 4 heteroatoms. The van der Waals surface area contributed by atoms with Crippen molar-refractivity contribution in [2.75, 3.05) is 26.8 Å². The van der Waals surface area contributed by atoms with Crippen molar-refractivity contribution in [3.63, 3.8) is 0 Å². The van der Waals surface area contributed by atoms with Crippen LogP contribution in [0.5, 0.6) is 0 Å². The third-order valence-corrected chi connectivity index (χ3v) is 2.66. The fourth-order valence-electron chi connectivity index (χ4n) is 1.55. The highest BCUT2D eigenvalue weighted by Gasteiger charge is 2.18. The van der Waals surface area contributed by atoms with E-state index in [2.05, 4.69) is 16.4 Å². The van der Waals surface area contributed by atoms with Crippen LogP contribution in [0.1, 0.15) is 18.9 Å². The first-order valence-corrected chi connectivity index (χ1v) is 5.95.